The van der Waals surface area contributed by atoms with Gasteiger partial charge in [-0.25, -0.2) is 4.98 Å². The fourth-order valence-corrected chi connectivity index (χ4v) is 2.17. The average molecular weight is 305 g/mol. The first-order valence-corrected chi connectivity index (χ1v) is 6.50. The van der Waals surface area contributed by atoms with Crippen molar-refractivity contribution in [3.63, 3.8) is 0 Å². The van der Waals surface area contributed by atoms with E-state index >= 15 is 0 Å². The molecule has 0 radical (unpaired) electrons. The summed E-state index contributed by atoms with van der Waals surface area (Å²) in [6.07, 6.45) is 5.49. The molecule has 0 aliphatic carbocycles. The minimum absolute atomic E-state index is 0.651. The molecule has 1 heterocycles. The van der Waals surface area contributed by atoms with Crippen molar-refractivity contribution in [1.29, 1.82) is 5.26 Å². The van der Waals surface area contributed by atoms with Gasteiger partial charge in [-0.2, -0.15) is 5.26 Å². The van der Waals surface area contributed by atoms with E-state index in [9.17, 15) is 0 Å². The number of imidazole rings is 1. The van der Waals surface area contributed by atoms with E-state index in [1.54, 1.807) is 12.3 Å². The zero-order valence-electron chi connectivity index (χ0n) is 9.78. The van der Waals surface area contributed by atoms with E-state index in [4.69, 9.17) is 5.26 Å². The number of H-pyrrole nitrogens is 1. The van der Waals surface area contributed by atoms with E-state index in [1.165, 1.54) is 0 Å². The molecule has 0 atom stereocenters. The lowest BCUT2D eigenvalue weighted by Gasteiger charge is -2.06. The van der Waals surface area contributed by atoms with Crippen LogP contribution < -0.4 is 5.32 Å². The quantitative estimate of drug-likeness (QED) is 0.834. The molecule has 1 aromatic carbocycles. The first-order valence-electron chi connectivity index (χ1n) is 5.71. The van der Waals surface area contributed by atoms with Crippen LogP contribution in [0.1, 0.15) is 17.8 Å². The van der Waals surface area contributed by atoms with E-state index < -0.39 is 0 Å². The summed E-state index contributed by atoms with van der Waals surface area (Å²) < 4.78 is 0.912. The van der Waals surface area contributed by atoms with Gasteiger partial charge in [0.05, 0.1) is 11.6 Å². The van der Waals surface area contributed by atoms with Crippen LogP contribution in [0.2, 0.25) is 0 Å². The molecule has 0 aliphatic heterocycles. The number of nitrogens with zero attached hydrogens (tertiary/aromatic N) is 2. The Kier molecular flexibility index (Phi) is 4.37. The number of nitriles is 1. The second kappa shape index (κ2) is 6.22. The molecule has 0 bridgehead atoms. The van der Waals surface area contributed by atoms with Crippen LogP contribution >= 0.6 is 15.9 Å². The second-order valence-electron chi connectivity index (χ2n) is 3.91. The maximum absolute atomic E-state index is 8.87. The topological polar surface area (TPSA) is 64.5 Å². The molecule has 0 fully saturated rings. The number of aromatic nitrogens is 2. The van der Waals surface area contributed by atoms with Crippen molar-refractivity contribution >= 4 is 21.6 Å². The van der Waals surface area contributed by atoms with Crippen LogP contribution in [-0.4, -0.2) is 16.5 Å². The lowest BCUT2D eigenvalue weighted by molar-refractivity contribution is 0.816. The monoisotopic (exact) mass is 304 g/mol. The highest BCUT2D eigenvalue weighted by molar-refractivity contribution is 9.10. The van der Waals surface area contributed by atoms with Gasteiger partial charge in [0.25, 0.3) is 0 Å². The normalized spacial score (nSPS) is 10.0. The summed E-state index contributed by atoms with van der Waals surface area (Å²) >= 11 is 3.39. The first kappa shape index (κ1) is 12.7. The molecule has 0 amide bonds. The highest BCUT2D eigenvalue weighted by Gasteiger charge is 1.99. The third kappa shape index (κ3) is 3.60. The highest BCUT2D eigenvalue weighted by Crippen LogP contribution is 2.19. The minimum atomic E-state index is 0.651. The lowest BCUT2D eigenvalue weighted by Crippen LogP contribution is -2.03. The molecule has 4 nitrogen and oxygen atoms in total. The summed E-state index contributed by atoms with van der Waals surface area (Å²) in [7, 11) is 0. The molecule has 0 aliphatic rings. The van der Waals surface area contributed by atoms with Crippen molar-refractivity contribution in [1.82, 2.24) is 9.97 Å². The maximum Gasteiger partial charge on any atom is 0.106 e. The fraction of sp³-hybridized carbons (Fsp3) is 0.231. The number of anilines is 1. The number of hydrogen-bond donors (Lipinski definition) is 2. The van der Waals surface area contributed by atoms with E-state index in [2.05, 4.69) is 37.3 Å². The van der Waals surface area contributed by atoms with Gasteiger partial charge in [-0.05, 0) is 24.6 Å². The number of rotatable bonds is 5. The summed E-state index contributed by atoms with van der Waals surface area (Å²) in [5.41, 5.74) is 1.61. The molecule has 0 spiro atoms. The Hall–Kier alpha value is -1.80. The van der Waals surface area contributed by atoms with Crippen molar-refractivity contribution in [2.24, 2.45) is 0 Å². The summed E-state index contributed by atoms with van der Waals surface area (Å²) in [6.45, 7) is 0.849. The molecule has 0 saturated heterocycles. The second-order valence-corrected chi connectivity index (χ2v) is 4.82. The Morgan fingerprint density at radius 1 is 1.39 bits per heavy atom. The Bertz CT molecular complexity index is 543. The van der Waals surface area contributed by atoms with Crippen molar-refractivity contribution in [3.8, 4) is 6.07 Å². The molecule has 2 aromatic rings. The van der Waals surface area contributed by atoms with Crippen molar-refractivity contribution in [2.45, 2.75) is 12.8 Å². The molecule has 1 aromatic heterocycles. The minimum Gasteiger partial charge on any atom is -0.385 e. The number of nitrogens with one attached hydrogen (secondary N) is 2. The van der Waals surface area contributed by atoms with Crippen molar-refractivity contribution < 1.29 is 0 Å². The third-order valence-corrected chi connectivity index (χ3v) is 2.96. The Morgan fingerprint density at radius 3 is 3.00 bits per heavy atom. The zero-order chi connectivity index (χ0) is 12.8. The van der Waals surface area contributed by atoms with E-state index in [-0.39, 0.29) is 0 Å². The van der Waals surface area contributed by atoms with Crippen LogP contribution in [0.15, 0.2) is 35.1 Å². The van der Waals surface area contributed by atoms with Gasteiger partial charge in [-0.1, -0.05) is 15.9 Å². The SMILES string of the molecule is N#Cc1cc(Br)cc(NCCCc2ncc[nH]2)c1. The summed E-state index contributed by atoms with van der Waals surface area (Å²) in [4.78, 5) is 7.24. The van der Waals surface area contributed by atoms with Crippen molar-refractivity contribution in [2.75, 3.05) is 11.9 Å². The fourth-order valence-electron chi connectivity index (χ4n) is 1.68. The van der Waals surface area contributed by atoms with Crippen LogP contribution in [-0.2, 0) is 6.42 Å². The van der Waals surface area contributed by atoms with Gasteiger partial charge in [-0.15, -0.1) is 0 Å². The van der Waals surface area contributed by atoms with E-state index in [0.29, 0.717) is 5.56 Å². The number of benzene rings is 1. The standard InChI is InChI=1S/C13H13BrN4/c14-11-6-10(9-15)7-12(8-11)16-3-1-2-13-17-4-5-18-13/h4-8,16H,1-3H2,(H,17,18). The molecular weight excluding hydrogens is 292 g/mol. The highest BCUT2D eigenvalue weighted by atomic mass is 79.9. The lowest BCUT2D eigenvalue weighted by atomic mass is 10.2. The van der Waals surface area contributed by atoms with Gasteiger partial charge in [0.2, 0.25) is 0 Å². The number of halogens is 1. The molecular formula is C13H13BrN4. The predicted octanol–water partition coefficient (Wildman–Crippen LogP) is 3.09. The van der Waals surface area contributed by atoms with Gasteiger partial charge < -0.3 is 10.3 Å². The summed E-state index contributed by atoms with van der Waals surface area (Å²) in [5.74, 6) is 1.00. The molecule has 0 unspecified atom stereocenters. The number of aryl methyl sites for hydroxylation is 1. The van der Waals surface area contributed by atoms with Gasteiger partial charge in [0.1, 0.15) is 5.82 Å². The number of hydrogen-bond acceptors (Lipinski definition) is 3. The average Bonchev–Trinajstić information content (AvgIpc) is 2.87. The van der Waals surface area contributed by atoms with Crippen LogP contribution in [0.3, 0.4) is 0 Å². The number of aromatic amines is 1. The summed E-state index contributed by atoms with van der Waals surface area (Å²) in [6, 6.07) is 7.75. The van der Waals surface area contributed by atoms with Crippen LogP contribution in [0.4, 0.5) is 5.69 Å². The molecule has 2 N–H and O–H groups in total. The predicted molar refractivity (Wildman–Crippen MR) is 74.3 cm³/mol. The Balaban J connectivity index is 1.83. The smallest absolute Gasteiger partial charge is 0.106 e. The van der Waals surface area contributed by atoms with Gasteiger partial charge in [-0.3, -0.25) is 0 Å². The Labute approximate surface area is 114 Å². The van der Waals surface area contributed by atoms with Gasteiger partial charge >= 0.3 is 0 Å². The van der Waals surface area contributed by atoms with Gasteiger partial charge in [0, 0.05) is 35.5 Å². The molecule has 18 heavy (non-hydrogen) atoms. The van der Waals surface area contributed by atoms with E-state index in [1.807, 2.05) is 18.3 Å². The zero-order valence-corrected chi connectivity index (χ0v) is 11.4. The Morgan fingerprint density at radius 2 is 2.28 bits per heavy atom. The van der Waals surface area contributed by atoms with E-state index in [0.717, 1.165) is 35.4 Å². The molecule has 92 valence electrons. The van der Waals surface area contributed by atoms with Crippen molar-refractivity contribution in [3.05, 3.63) is 46.5 Å². The summed E-state index contributed by atoms with van der Waals surface area (Å²) in [5, 5.41) is 12.2. The first-order chi connectivity index (χ1) is 8.78. The van der Waals surface area contributed by atoms with Crippen LogP contribution in [0.25, 0.3) is 0 Å². The largest absolute Gasteiger partial charge is 0.385 e. The maximum atomic E-state index is 8.87. The molecule has 5 heteroatoms. The van der Waals surface area contributed by atoms with Crippen LogP contribution in [0.5, 0.6) is 0 Å². The molecule has 0 saturated carbocycles. The van der Waals surface area contributed by atoms with Gasteiger partial charge in [0.15, 0.2) is 0 Å². The molecule has 2 rings (SSSR count). The van der Waals surface area contributed by atoms with Crippen LogP contribution in [0, 0.1) is 11.3 Å². The third-order valence-electron chi connectivity index (χ3n) is 2.50.